The summed E-state index contributed by atoms with van der Waals surface area (Å²) >= 11 is 0. The third-order valence-corrected chi connectivity index (χ3v) is 3.48. The van der Waals surface area contributed by atoms with Gasteiger partial charge in [-0.25, -0.2) is 4.39 Å². The molecule has 1 aliphatic carbocycles. The van der Waals surface area contributed by atoms with Crippen LogP contribution in [0.2, 0.25) is 0 Å². The number of carbonyl (C=O) groups is 1. The predicted octanol–water partition coefficient (Wildman–Crippen LogP) is 3.18. The third kappa shape index (κ3) is 3.00. The molecule has 0 saturated heterocycles. The lowest BCUT2D eigenvalue weighted by atomic mass is 9.94. The number of carbonyl (C=O) groups excluding carboxylic acids is 1. The van der Waals surface area contributed by atoms with Gasteiger partial charge in [-0.2, -0.15) is 13.2 Å². The van der Waals surface area contributed by atoms with Crippen molar-refractivity contribution in [3.05, 3.63) is 47.8 Å². The minimum atomic E-state index is -4.59. The Hall–Kier alpha value is -1.85. The zero-order valence-corrected chi connectivity index (χ0v) is 10.6. The van der Waals surface area contributed by atoms with Crippen molar-refractivity contribution in [2.45, 2.75) is 24.4 Å². The number of rotatable bonds is 4. The number of nitrogens with one attached hydrogen (secondary N) is 1. The van der Waals surface area contributed by atoms with Crippen molar-refractivity contribution >= 4 is 5.91 Å². The van der Waals surface area contributed by atoms with E-state index in [0.29, 0.717) is 18.9 Å². The highest BCUT2D eigenvalue weighted by molar-refractivity contribution is 5.86. The number of hydrogen-bond acceptors (Lipinski definition) is 1. The van der Waals surface area contributed by atoms with Crippen LogP contribution in [0, 0.1) is 5.82 Å². The fraction of sp³-hybridized carbons (Fsp3) is 0.357. The van der Waals surface area contributed by atoms with Crippen molar-refractivity contribution in [2.75, 3.05) is 6.54 Å². The van der Waals surface area contributed by atoms with Crippen LogP contribution in [-0.2, 0) is 16.4 Å². The van der Waals surface area contributed by atoms with Crippen LogP contribution < -0.4 is 5.32 Å². The number of benzene rings is 1. The Balaban J connectivity index is 2.26. The van der Waals surface area contributed by atoms with Gasteiger partial charge in [0, 0.05) is 12.0 Å². The average Bonchev–Trinajstić information content (AvgIpc) is 3.15. The Kier molecular flexibility index (Phi) is 3.58. The largest absolute Gasteiger partial charge is 0.416 e. The van der Waals surface area contributed by atoms with Gasteiger partial charge >= 0.3 is 6.18 Å². The maximum Gasteiger partial charge on any atom is 0.416 e. The van der Waals surface area contributed by atoms with E-state index >= 15 is 0 Å². The molecule has 2 rings (SSSR count). The quantitative estimate of drug-likeness (QED) is 0.669. The van der Waals surface area contributed by atoms with Gasteiger partial charge in [-0.15, -0.1) is 0 Å². The summed E-state index contributed by atoms with van der Waals surface area (Å²) in [5, 5.41) is 2.55. The molecular formula is C14H13F4NO. The number of amides is 1. The van der Waals surface area contributed by atoms with E-state index in [0.717, 1.165) is 18.2 Å². The molecule has 1 fully saturated rings. The van der Waals surface area contributed by atoms with Crippen molar-refractivity contribution in [2.24, 2.45) is 0 Å². The fourth-order valence-corrected chi connectivity index (χ4v) is 2.11. The minimum absolute atomic E-state index is 0.179. The Morgan fingerprint density at radius 3 is 2.50 bits per heavy atom. The molecule has 6 heteroatoms. The van der Waals surface area contributed by atoms with Crippen LogP contribution in [0.4, 0.5) is 17.6 Å². The Morgan fingerprint density at radius 2 is 2.00 bits per heavy atom. The molecule has 20 heavy (non-hydrogen) atoms. The second kappa shape index (κ2) is 4.92. The summed E-state index contributed by atoms with van der Waals surface area (Å²) in [7, 11) is 0. The molecule has 0 unspecified atom stereocenters. The summed E-state index contributed by atoms with van der Waals surface area (Å²) in [5.41, 5.74) is -1.33. The van der Waals surface area contributed by atoms with Gasteiger partial charge in [0.2, 0.25) is 5.91 Å². The highest BCUT2D eigenvalue weighted by Gasteiger charge is 2.45. The first-order valence-electron chi connectivity index (χ1n) is 6.05. The summed E-state index contributed by atoms with van der Waals surface area (Å²) in [5.74, 6) is -1.32. The zero-order valence-electron chi connectivity index (χ0n) is 10.6. The molecule has 1 amide bonds. The van der Waals surface area contributed by atoms with Crippen LogP contribution in [-0.4, -0.2) is 12.5 Å². The topological polar surface area (TPSA) is 29.1 Å². The molecular weight excluding hydrogens is 274 g/mol. The van der Waals surface area contributed by atoms with Crippen molar-refractivity contribution < 1.29 is 22.4 Å². The first kappa shape index (κ1) is 14.6. The molecule has 0 bridgehead atoms. The van der Waals surface area contributed by atoms with Crippen LogP contribution in [0.3, 0.4) is 0 Å². The van der Waals surface area contributed by atoms with E-state index < -0.39 is 28.9 Å². The zero-order chi connectivity index (χ0) is 15.0. The SMILES string of the molecule is C=CC(=O)NCC1(c2cc(F)cc(C(F)(F)F)c2)CC1. The van der Waals surface area contributed by atoms with Gasteiger partial charge in [-0.05, 0) is 42.7 Å². The van der Waals surface area contributed by atoms with E-state index in [-0.39, 0.29) is 12.1 Å². The van der Waals surface area contributed by atoms with E-state index in [9.17, 15) is 22.4 Å². The summed E-state index contributed by atoms with van der Waals surface area (Å²) in [6.07, 6.45) is -2.27. The summed E-state index contributed by atoms with van der Waals surface area (Å²) in [4.78, 5) is 11.1. The summed E-state index contributed by atoms with van der Waals surface area (Å²) in [6, 6.07) is 2.53. The van der Waals surface area contributed by atoms with Crippen molar-refractivity contribution in [1.82, 2.24) is 5.32 Å². The Labute approximate surface area is 113 Å². The van der Waals surface area contributed by atoms with Crippen LogP contribution in [0.1, 0.15) is 24.0 Å². The Morgan fingerprint density at radius 1 is 1.35 bits per heavy atom. The van der Waals surface area contributed by atoms with Crippen LogP contribution in [0.5, 0.6) is 0 Å². The molecule has 0 radical (unpaired) electrons. The first-order chi connectivity index (χ1) is 9.27. The van der Waals surface area contributed by atoms with E-state index in [2.05, 4.69) is 11.9 Å². The van der Waals surface area contributed by atoms with E-state index in [1.54, 1.807) is 0 Å². The third-order valence-electron chi connectivity index (χ3n) is 3.48. The first-order valence-corrected chi connectivity index (χ1v) is 6.05. The van der Waals surface area contributed by atoms with Gasteiger partial charge in [0.25, 0.3) is 0 Å². The molecule has 108 valence electrons. The van der Waals surface area contributed by atoms with Crippen molar-refractivity contribution in [1.29, 1.82) is 0 Å². The molecule has 2 nitrogen and oxygen atoms in total. The second-order valence-electron chi connectivity index (χ2n) is 4.93. The number of halogens is 4. The molecule has 0 spiro atoms. The normalized spacial score (nSPS) is 16.6. The van der Waals surface area contributed by atoms with E-state index in [1.807, 2.05) is 0 Å². The lowest BCUT2D eigenvalue weighted by molar-refractivity contribution is -0.137. The minimum Gasteiger partial charge on any atom is -0.352 e. The molecule has 0 heterocycles. The summed E-state index contributed by atoms with van der Waals surface area (Å²) < 4.78 is 51.4. The molecule has 1 aromatic rings. The predicted molar refractivity (Wildman–Crippen MR) is 65.5 cm³/mol. The standard InChI is InChI=1S/C14H13F4NO/c1-2-12(20)19-8-13(3-4-13)9-5-10(14(16,17)18)7-11(15)6-9/h2,5-7H,1,3-4,8H2,(H,19,20). The highest BCUT2D eigenvalue weighted by Crippen LogP contribution is 2.48. The van der Waals surface area contributed by atoms with Gasteiger partial charge < -0.3 is 5.32 Å². The number of hydrogen-bond donors (Lipinski definition) is 1. The van der Waals surface area contributed by atoms with Gasteiger partial charge in [-0.3, -0.25) is 4.79 Å². The van der Waals surface area contributed by atoms with Crippen LogP contribution in [0.25, 0.3) is 0 Å². The smallest absolute Gasteiger partial charge is 0.352 e. The van der Waals surface area contributed by atoms with Gasteiger partial charge in [0.05, 0.1) is 5.56 Å². The van der Waals surface area contributed by atoms with Gasteiger partial charge in [0.1, 0.15) is 5.82 Å². The molecule has 1 aromatic carbocycles. The van der Waals surface area contributed by atoms with Gasteiger partial charge in [0.15, 0.2) is 0 Å². The molecule has 0 aromatic heterocycles. The van der Waals surface area contributed by atoms with Crippen LogP contribution in [0.15, 0.2) is 30.9 Å². The van der Waals surface area contributed by atoms with Crippen LogP contribution >= 0.6 is 0 Å². The number of alkyl halides is 3. The summed E-state index contributed by atoms with van der Waals surface area (Å²) in [6.45, 7) is 3.47. The average molecular weight is 287 g/mol. The maximum atomic E-state index is 13.4. The van der Waals surface area contributed by atoms with E-state index in [1.165, 1.54) is 0 Å². The maximum absolute atomic E-state index is 13.4. The van der Waals surface area contributed by atoms with Crippen molar-refractivity contribution in [3.63, 3.8) is 0 Å². The lowest BCUT2D eigenvalue weighted by Crippen LogP contribution is -2.31. The molecule has 1 N–H and O–H groups in total. The second-order valence-corrected chi connectivity index (χ2v) is 4.93. The molecule has 0 atom stereocenters. The molecule has 1 aliphatic rings. The molecule has 0 aliphatic heterocycles. The lowest BCUT2D eigenvalue weighted by Gasteiger charge is -2.18. The molecule has 1 saturated carbocycles. The highest BCUT2D eigenvalue weighted by atomic mass is 19.4. The van der Waals surface area contributed by atoms with Gasteiger partial charge in [-0.1, -0.05) is 6.58 Å². The van der Waals surface area contributed by atoms with E-state index in [4.69, 9.17) is 0 Å². The van der Waals surface area contributed by atoms with Crippen molar-refractivity contribution in [3.8, 4) is 0 Å². The Bertz CT molecular complexity index is 547. The monoisotopic (exact) mass is 287 g/mol. The fourth-order valence-electron chi connectivity index (χ4n) is 2.11.